The molecule has 1 aromatic carbocycles. The molecule has 1 N–H and O–H groups in total. The summed E-state index contributed by atoms with van der Waals surface area (Å²) in [5, 5.41) is 4.35. The van der Waals surface area contributed by atoms with Gasteiger partial charge in [0.1, 0.15) is 5.75 Å². The first-order valence-electron chi connectivity index (χ1n) is 7.57. The van der Waals surface area contributed by atoms with Crippen molar-refractivity contribution in [2.75, 3.05) is 27.2 Å². The van der Waals surface area contributed by atoms with E-state index in [2.05, 4.69) is 17.3 Å². The SMILES string of the molecule is CNCc1cc(Cl)cc(Cl)c1OCCC1CCCCN1C. The Hall–Kier alpha value is -0.480. The van der Waals surface area contributed by atoms with Gasteiger partial charge in [-0.05, 0) is 52.0 Å². The molecule has 1 aromatic rings. The Balaban J connectivity index is 1.95. The van der Waals surface area contributed by atoms with Crippen LogP contribution in [0.1, 0.15) is 31.2 Å². The molecule has 1 aliphatic rings. The summed E-state index contributed by atoms with van der Waals surface area (Å²) in [6.45, 7) is 2.57. The molecule has 0 bridgehead atoms. The summed E-state index contributed by atoms with van der Waals surface area (Å²) < 4.78 is 5.97. The lowest BCUT2D eigenvalue weighted by molar-refractivity contribution is 0.153. The highest BCUT2D eigenvalue weighted by molar-refractivity contribution is 6.35. The Morgan fingerprint density at radius 2 is 2.14 bits per heavy atom. The van der Waals surface area contributed by atoms with Crippen molar-refractivity contribution in [3.05, 3.63) is 27.7 Å². The number of likely N-dealkylation sites (tertiary alicyclic amines) is 1. The van der Waals surface area contributed by atoms with E-state index in [0.29, 0.717) is 29.2 Å². The summed E-state index contributed by atoms with van der Waals surface area (Å²) in [6.07, 6.45) is 4.93. The summed E-state index contributed by atoms with van der Waals surface area (Å²) in [7, 11) is 4.10. The molecule has 0 aliphatic carbocycles. The maximum atomic E-state index is 6.27. The molecule has 0 radical (unpaired) electrons. The van der Waals surface area contributed by atoms with Crippen LogP contribution in [0.25, 0.3) is 0 Å². The molecule has 21 heavy (non-hydrogen) atoms. The number of hydrogen-bond acceptors (Lipinski definition) is 3. The van der Waals surface area contributed by atoms with Crippen molar-refractivity contribution in [1.82, 2.24) is 10.2 Å². The predicted octanol–water partition coefficient (Wildman–Crippen LogP) is 3.97. The third-order valence-corrected chi connectivity index (χ3v) is 4.57. The van der Waals surface area contributed by atoms with Gasteiger partial charge in [-0.15, -0.1) is 0 Å². The van der Waals surface area contributed by atoms with E-state index in [-0.39, 0.29) is 0 Å². The zero-order valence-corrected chi connectivity index (χ0v) is 14.3. The average Bonchev–Trinajstić information content (AvgIpc) is 2.44. The number of hydrogen-bond donors (Lipinski definition) is 1. The first kappa shape index (κ1) is 16.9. The summed E-state index contributed by atoms with van der Waals surface area (Å²) in [5.74, 6) is 0.758. The van der Waals surface area contributed by atoms with Crippen LogP contribution in [-0.4, -0.2) is 38.2 Å². The van der Waals surface area contributed by atoms with Crippen molar-refractivity contribution in [1.29, 1.82) is 0 Å². The predicted molar refractivity (Wildman–Crippen MR) is 89.6 cm³/mol. The number of nitrogens with one attached hydrogen (secondary N) is 1. The lowest BCUT2D eigenvalue weighted by Gasteiger charge is -2.32. The molecule has 1 aliphatic heterocycles. The van der Waals surface area contributed by atoms with Gasteiger partial charge in [-0.3, -0.25) is 0 Å². The van der Waals surface area contributed by atoms with Crippen LogP contribution in [0, 0.1) is 0 Å². The molecular formula is C16H24Cl2N2O. The zero-order valence-electron chi connectivity index (χ0n) is 12.8. The van der Waals surface area contributed by atoms with Gasteiger partial charge >= 0.3 is 0 Å². The molecule has 2 rings (SSSR count). The van der Waals surface area contributed by atoms with Gasteiger partial charge in [0.2, 0.25) is 0 Å². The maximum absolute atomic E-state index is 6.27. The summed E-state index contributed by atoms with van der Waals surface area (Å²) >= 11 is 12.3. The Labute approximate surface area is 137 Å². The molecule has 0 aromatic heterocycles. The van der Waals surface area contributed by atoms with E-state index in [1.807, 2.05) is 13.1 Å². The van der Waals surface area contributed by atoms with Crippen molar-refractivity contribution in [3.63, 3.8) is 0 Å². The minimum atomic E-state index is 0.588. The van der Waals surface area contributed by atoms with Gasteiger partial charge in [-0.1, -0.05) is 29.6 Å². The van der Waals surface area contributed by atoms with Crippen LogP contribution < -0.4 is 10.1 Å². The van der Waals surface area contributed by atoms with Gasteiger partial charge in [0.05, 0.1) is 11.6 Å². The lowest BCUT2D eigenvalue weighted by atomic mass is 10.0. The number of benzene rings is 1. The Morgan fingerprint density at radius 1 is 1.33 bits per heavy atom. The molecular weight excluding hydrogens is 307 g/mol. The summed E-state index contributed by atoms with van der Waals surface area (Å²) in [4.78, 5) is 2.44. The number of piperidine rings is 1. The topological polar surface area (TPSA) is 24.5 Å². The van der Waals surface area contributed by atoms with Gasteiger partial charge in [0, 0.05) is 23.2 Å². The van der Waals surface area contributed by atoms with E-state index in [9.17, 15) is 0 Å². The number of nitrogens with zero attached hydrogens (tertiary/aromatic N) is 1. The highest BCUT2D eigenvalue weighted by Gasteiger charge is 2.19. The van der Waals surface area contributed by atoms with Crippen molar-refractivity contribution >= 4 is 23.2 Å². The Kier molecular flexibility index (Phi) is 6.62. The third-order valence-electron chi connectivity index (χ3n) is 4.07. The molecule has 5 heteroatoms. The molecule has 0 saturated carbocycles. The van der Waals surface area contributed by atoms with Crippen molar-refractivity contribution in [3.8, 4) is 5.75 Å². The van der Waals surface area contributed by atoms with E-state index in [1.54, 1.807) is 6.07 Å². The Bertz CT molecular complexity index is 468. The molecule has 1 heterocycles. The summed E-state index contributed by atoms with van der Waals surface area (Å²) in [5.41, 5.74) is 1.01. The second-order valence-corrected chi connectivity index (χ2v) is 6.52. The molecule has 0 amide bonds. The van der Waals surface area contributed by atoms with E-state index < -0.39 is 0 Å². The van der Waals surface area contributed by atoms with E-state index >= 15 is 0 Å². The normalized spacial score (nSPS) is 19.7. The van der Waals surface area contributed by atoms with E-state index in [0.717, 1.165) is 17.7 Å². The minimum Gasteiger partial charge on any atom is -0.492 e. The molecule has 1 atom stereocenters. The molecule has 1 fully saturated rings. The number of rotatable bonds is 6. The molecule has 0 spiro atoms. The van der Waals surface area contributed by atoms with Gasteiger partial charge in [0.25, 0.3) is 0 Å². The van der Waals surface area contributed by atoms with Crippen LogP contribution in [-0.2, 0) is 6.54 Å². The highest BCUT2D eigenvalue weighted by atomic mass is 35.5. The maximum Gasteiger partial charge on any atom is 0.142 e. The van der Waals surface area contributed by atoms with E-state index in [1.165, 1.54) is 25.8 Å². The average molecular weight is 331 g/mol. The lowest BCUT2D eigenvalue weighted by Crippen LogP contribution is -2.37. The highest BCUT2D eigenvalue weighted by Crippen LogP contribution is 2.32. The van der Waals surface area contributed by atoms with Crippen LogP contribution in [0.5, 0.6) is 5.75 Å². The quantitative estimate of drug-likeness (QED) is 0.854. The van der Waals surface area contributed by atoms with Crippen molar-refractivity contribution in [2.24, 2.45) is 0 Å². The smallest absolute Gasteiger partial charge is 0.142 e. The second kappa shape index (κ2) is 8.23. The fraction of sp³-hybridized carbons (Fsp3) is 0.625. The van der Waals surface area contributed by atoms with Crippen LogP contribution >= 0.6 is 23.2 Å². The minimum absolute atomic E-state index is 0.588. The first-order chi connectivity index (χ1) is 10.1. The standard InChI is InChI=1S/C16H24Cl2N2O/c1-19-11-12-9-13(17)10-15(18)16(12)21-8-6-14-5-3-4-7-20(14)2/h9-10,14,19H,3-8,11H2,1-2H3. The summed E-state index contributed by atoms with van der Waals surface area (Å²) in [6, 6.07) is 4.27. The van der Waals surface area contributed by atoms with Crippen LogP contribution in [0.3, 0.4) is 0 Å². The monoisotopic (exact) mass is 330 g/mol. The van der Waals surface area contributed by atoms with Crippen molar-refractivity contribution < 1.29 is 4.74 Å². The molecule has 1 saturated heterocycles. The van der Waals surface area contributed by atoms with E-state index in [4.69, 9.17) is 27.9 Å². The largest absolute Gasteiger partial charge is 0.492 e. The molecule has 1 unspecified atom stereocenters. The van der Waals surface area contributed by atoms with Crippen LogP contribution in [0.2, 0.25) is 10.0 Å². The second-order valence-electron chi connectivity index (χ2n) is 5.67. The zero-order chi connectivity index (χ0) is 15.2. The van der Waals surface area contributed by atoms with Gasteiger partial charge in [0.15, 0.2) is 0 Å². The van der Waals surface area contributed by atoms with Gasteiger partial charge in [-0.2, -0.15) is 0 Å². The number of halogens is 2. The van der Waals surface area contributed by atoms with Crippen molar-refractivity contribution in [2.45, 2.75) is 38.3 Å². The number of ether oxygens (including phenoxy) is 1. The Morgan fingerprint density at radius 3 is 2.86 bits per heavy atom. The van der Waals surface area contributed by atoms with Crippen LogP contribution in [0.4, 0.5) is 0 Å². The fourth-order valence-electron chi connectivity index (χ4n) is 2.90. The van der Waals surface area contributed by atoms with Crippen LogP contribution in [0.15, 0.2) is 12.1 Å². The fourth-order valence-corrected chi connectivity index (χ4v) is 3.49. The first-order valence-corrected chi connectivity index (χ1v) is 8.33. The molecule has 118 valence electrons. The van der Waals surface area contributed by atoms with Gasteiger partial charge < -0.3 is 15.0 Å². The van der Waals surface area contributed by atoms with Gasteiger partial charge in [-0.25, -0.2) is 0 Å². The molecule has 3 nitrogen and oxygen atoms in total. The third kappa shape index (κ3) is 4.75.